The van der Waals surface area contributed by atoms with Gasteiger partial charge in [-0.05, 0) is 120 Å². The van der Waals surface area contributed by atoms with E-state index in [1.165, 1.54) is 50.5 Å². The van der Waals surface area contributed by atoms with Crippen LogP contribution in [0.25, 0.3) is 38.8 Å². The van der Waals surface area contributed by atoms with Crippen LogP contribution in [0, 0.1) is 18.6 Å². The van der Waals surface area contributed by atoms with Crippen molar-refractivity contribution in [1.29, 1.82) is 0 Å². The topological polar surface area (TPSA) is 280 Å². The fraction of sp³-hybridized carbons (Fsp3) is 0.500. The van der Waals surface area contributed by atoms with Gasteiger partial charge in [-0.25, -0.2) is 67.6 Å². The molecule has 0 N–H and O–H groups in total. The minimum absolute atomic E-state index is 0. The molecule has 2 aliphatic rings. The third kappa shape index (κ3) is 21.8. The number of thiazole rings is 1. The molecule has 22 nitrogen and oxygen atoms in total. The number of carbonyl (C=O) groups excluding carboxylic acids is 3. The van der Waals surface area contributed by atoms with Gasteiger partial charge in [-0.2, -0.15) is 0 Å². The molecule has 5 heterocycles. The predicted octanol–water partition coefficient (Wildman–Crippen LogP) is 12.5. The standard InChI is InChI=1S/C29H40FN3O6S.C20H26NO6S2.C16H18FN3O3S.CH4.H2/c1-9-19(4)37-25(34)17-23-16-22(38-29(5,6)39-23)14-15-24-26(18(2)3)31-28(33(7)40(8,35)36)32-27(24)20-10-12-21(30)13-11-20;1-5-13(2)25-18(22)11-14-10-15(27-20(3,4)26-14)12-29(23,24)19-21-16-8-6-7-9-17(16)28-19;1-10(2)14-13(9-21)15(11-5-7-12(17)8-6-11)19-16(18-14)20(3)24(4,22)23;;/h10-15,18-19,22-23H,9,16-17H2,1-8H3;6-9,13-15H,1,5,10-12H2,2-4H3;5-10H,1-4H3;1H4;1H/q;+1;;;/b15-14+;;;;/t19?,22-,23-;13?,14-,15+;;;/m11.../s1/i;;;;1+1. The van der Waals surface area contributed by atoms with E-state index in [9.17, 15) is 48.4 Å². The average molecular weight is 1390 g/mol. The summed E-state index contributed by atoms with van der Waals surface area (Å²) < 4.78 is 138. The van der Waals surface area contributed by atoms with Gasteiger partial charge in [0.2, 0.25) is 46.1 Å². The maximum absolute atomic E-state index is 13.8. The van der Waals surface area contributed by atoms with Crippen molar-refractivity contribution in [1.82, 2.24) is 24.9 Å². The highest BCUT2D eigenvalue weighted by atomic mass is 32.2. The number of anilines is 2. The second-order valence-electron chi connectivity index (χ2n) is 24.2. The molecular formula is C66H90F2N7O15S4+. The molecule has 3 aromatic carbocycles. The van der Waals surface area contributed by atoms with Crippen LogP contribution in [-0.4, -0.2) is 149 Å². The lowest BCUT2D eigenvalue weighted by Crippen LogP contribution is -2.47. The first-order valence-corrected chi connectivity index (χ1v) is 36.3. The molecule has 28 heteroatoms. The Morgan fingerprint density at radius 3 is 1.57 bits per heavy atom. The number of fused-ring (bicyclic) bond motifs is 1. The quantitative estimate of drug-likeness (QED) is 0.0347. The van der Waals surface area contributed by atoms with Gasteiger partial charge in [0.25, 0.3) is 0 Å². The van der Waals surface area contributed by atoms with Gasteiger partial charge in [-0.1, -0.05) is 66.3 Å². The van der Waals surface area contributed by atoms with Crippen LogP contribution in [0.2, 0.25) is 0 Å². The van der Waals surface area contributed by atoms with Crippen molar-refractivity contribution in [3.63, 3.8) is 0 Å². The zero-order chi connectivity index (χ0) is 69.1. The van der Waals surface area contributed by atoms with E-state index in [0.29, 0.717) is 58.4 Å². The van der Waals surface area contributed by atoms with Gasteiger partial charge in [0.15, 0.2) is 17.9 Å². The minimum Gasteiger partial charge on any atom is -0.463 e. The van der Waals surface area contributed by atoms with Crippen molar-refractivity contribution < 1.29 is 78.3 Å². The molecule has 94 heavy (non-hydrogen) atoms. The number of hydrogen-bond donors (Lipinski definition) is 0. The van der Waals surface area contributed by atoms with Crippen LogP contribution in [0.1, 0.15) is 163 Å². The Balaban J connectivity index is 0.000000311. The summed E-state index contributed by atoms with van der Waals surface area (Å²) in [4.78, 5) is 58.1. The molecule has 8 rings (SSSR count). The van der Waals surface area contributed by atoms with Gasteiger partial charge in [-0.3, -0.25) is 14.4 Å². The summed E-state index contributed by atoms with van der Waals surface area (Å²) in [7, 11) is -8.11. The van der Waals surface area contributed by atoms with Crippen molar-refractivity contribution >= 4 is 87.6 Å². The van der Waals surface area contributed by atoms with Crippen molar-refractivity contribution in [2.24, 2.45) is 0 Å². The number of benzene rings is 3. The number of esters is 2. The number of ether oxygens (including phenoxy) is 6. The van der Waals surface area contributed by atoms with E-state index in [1.54, 1.807) is 52.8 Å². The second kappa shape index (κ2) is 32.7. The summed E-state index contributed by atoms with van der Waals surface area (Å²) in [6, 6.07) is 18.6. The van der Waals surface area contributed by atoms with Gasteiger partial charge in [-0.15, -0.1) is 11.3 Å². The lowest BCUT2D eigenvalue weighted by atomic mass is 9.97. The predicted molar refractivity (Wildman–Crippen MR) is 362 cm³/mol. The Labute approximate surface area is 557 Å². The van der Waals surface area contributed by atoms with E-state index in [2.05, 4.69) is 31.8 Å². The number of aldehydes is 1. The van der Waals surface area contributed by atoms with Gasteiger partial charge in [0.05, 0.1) is 107 Å². The number of para-hydroxylation sites is 1. The number of sulfonamides is 2. The number of aromatic nitrogens is 5. The van der Waals surface area contributed by atoms with Crippen molar-refractivity contribution in [2.75, 3.05) is 41.0 Å². The van der Waals surface area contributed by atoms with E-state index in [1.807, 2.05) is 71.9 Å². The first-order valence-electron chi connectivity index (χ1n) is 30.2. The first-order chi connectivity index (χ1) is 43.3. The Hall–Kier alpha value is -6.92. The van der Waals surface area contributed by atoms with Crippen LogP contribution in [0.4, 0.5) is 20.7 Å². The zero-order valence-corrected chi connectivity index (χ0v) is 58.3. The fourth-order valence-corrected chi connectivity index (χ4v) is 13.3. The molecule has 0 spiro atoms. The van der Waals surface area contributed by atoms with Crippen LogP contribution >= 0.6 is 11.3 Å². The first kappa shape index (κ1) is 77.8. The van der Waals surface area contributed by atoms with Gasteiger partial charge in [0, 0.05) is 45.1 Å². The fourth-order valence-electron chi connectivity index (χ4n) is 9.75. The molecule has 0 aliphatic carbocycles. The molecule has 6 aromatic rings. The molecular weight excluding hydrogens is 1300 g/mol. The highest BCUT2D eigenvalue weighted by Gasteiger charge is 2.40. The Morgan fingerprint density at radius 2 is 1.12 bits per heavy atom. The molecule has 3 aromatic heterocycles. The number of rotatable bonds is 22. The molecule has 6 atom stereocenters. The van der Waals surface area contributed by atoms with Crippen molar-refractivity contribution in [3.8, 4) is 22.5 Å². The number of hydrogen-bond acceptors (Lipinski definition) is 21. The van der Waals surface area contributed by atoms with Crippen LogP contribution in [0.15, 0.2) is 83.2 Å². The van der Waals surface area contributed by atoms with Gasteiger partial charge < -0.3 is 28.4 Å². The third-order valence-electron chi connectivity index (χ3n) is 14.6. The number of carbonyl (C=O) groups is 3. The monoisotopic (exact) mass is 1390 g/mol. The van der Waals surface area contributed by atoms with Crippen molar-refractivity contribution in [3.05, 3.63) is 120 Å². The highest BCUT2D eigenvalue weighted by molar-refractivity contribution is 7.93. The summed E-state index contributed by atoms with van der Waals surface area (Å²) in [5.41, 5.74) is 4.48. The summed E-state index contributed by atoms with van der Waals surface area (Å²) in [6.45, 7) is 23.9. The SMILES string of the molecule is C.CC(C)c1nc(N(C)S(C)(=O)=O)nc(-c2ccc(F)cc2)c1C=O.CCC(C)OC(=O)C[C@H]1C[C@@H](/C=C/c2c(-c3ccc(F)cc3)nc(N(C)S(C)(=O)=O)nc2C(C)C)OC(C)(C)O1.[2HH].[CH2+]CC(C)OC(=O)C[C@H]1C[C@@H](CS(=O)(=O)c2nc3ccccc3s2)OC(C)(C)O1. The average Bonchev–Trinajstić information content (AvgIpc) is 1.49. The number of sulfone groups is 1. The smallest absolute Gasteiger partial charge is 0.308 e. The molecule has 2 fully saturated rings. The molecule has 0 saturated carbocycles. The van der Waals surface area contributed by atoms with E-state index in [4.69, 9.17) is 28.4 Å². The Morgan fingerprint density at radius 1 is 0.670 bits per heavy atom. The lowest BCUT2D eigenvalue weighted by Gasteiger charge is -2.40. The summed E-state index contributed by atoms with van der Waals surface area (Å²) >= 11 is 1.15. The molecule has 0 bridgehead atoms. The van der Waals surface area contributed by atoms with Gasteiger partial charge in [0.1, 0.15) is 24.2 Å². The molecule has 2 unspecified atom stereocenters. The highest BCUT2D eigenvalue weighted by Crippen LogP contribution is 2.37. The van der Waals surface area contributed by atoms with Crippen LogP contribution in [-0.2, 0) is 67.9 Å². The normalized spacial score (nSPS) is 18.6. The molecule has 0 amide bonds. The minimum atomic E-state index is -3.64. The van der Waals surface area contributed by atoms with Gasteiger partial charge >= 0.3 is 11.9 Å². The summed E-state index contributed by atoms with van der Waals surface area (Å²) in [5.74, 6) is -3.93. The lowest BCUT2D eigenvalue weighted by molar-refractivity contribution is -0.295. The van der Waals surface area contributed by atoms with Crippen molar-refractivity contribution in [2.45, 2.75) is 186 Å². The Bertz CT molecular complexity index is 3940. The van der Waals surface area contributed by atoms with E-state index in [-0.39, 0.29) is 91.4 Å². The van der Waals surface area contributed by atoms with E-state index in [0.717, 1.165) is 43.6 Å². The third-order valence-corrected chi connectivity index (χ3v) is 20.2. The maximum Gasteiger partial charge on any atom is 0.308 e. The zero-order valence-electron chi connectivity index (χ0n) is 55.1. The molecule has 2 aliphatic heterocycles. The number of nitrogens with zero attached hydrogens (tertiary/aromatic N) is 7. The Kier molecular flexibility index (Phi) is 27.0. The largest absolute Gasteiger partial charge is 0.463 e. The van der Waals surface area contributed by atoms with E-state index >= 15 is 0 Å². The second-order valence-corrected chi connectivity index (χ2v) is 31.5. The molecule has 516 valence electrons. The molecule has 2 saturated heterocycles. The van der Waals surface area contributed by atoms with Crippen LogP contribution in [0.5, 0.6) is 0 Å². The summed E-state index contributed by atoms with van der Waals surface area (Å²) in [6.07, 6.45) is 6.19. The molecule has 0 radical (unpaired) electrons. The number of halogens is 2. The summed E-state index contributed by atoms with van der Waals surface area (Å²) in [5, 5.41) is 0. The van der Waals surface area contributed by atoms with Crippen LogP contribution in [0.3, 0.4) is 0 Å². The maximum atomic E-state index is 13.8. The van der Waals surface area contributed by atoms with Crippen LogP contribution < -0.4 is 8.61 Å². The van der Waals surface area contributed by atoms with E-state index < -0.39 is 83.5 Å².